The second kappa shape index (κ2) is 11.0. The Morgan fingerprint density at radius 3 is 2.76 bits per heavy atom. The second-order valence-corrected chi connectivity index (χ2v) is 9.19. The Morgan fingerprint density at radius 2 is 2.06 bits per heavy atom. The molecule has 1 aliphatic heterocycles. The zero-order chi connectivity index (χ0) is 24.2. The summed E-state index contributed by atoms with van der Waals surface area (Å²) in [5, 5.41) is 9.22. The molecule has 0 radical (unpaired) electrons. The van der Waals surface area contributed by atoms with Crippen molar-refractivity contribution < 1.29 is 28.3 Å². The van der Waals surface area contributed by atoms with Crippen molar-refractivity contribution >= 4 is 39.5 Å². The van der Waals surface area contributed by atoms with Crippen LogP contribution in [0.2, 0.25) is 0 Å². The maximum absolute atomic E-state index is 14.6. The van der Waals surface area contributed by atoms with Gasteiger partial charge in [0, 0.05) is 35.8 Å². The van der Waals surface area contributed by atoms with E-state index in [0.29, 0.717) is 31.1 Å². The van der Waals surface area contributed by atoms with Crippen molar-refractivity contribution in [2.45, 2.75) is 13.0 Å². The number of furan rings is 1. The van der Waals surface area contributed by atoms with Crippen LogP contribution in [0.1, 0.15) is 27.4 Å². The lowest BCUT2D eigenvalue weighted by atomic mass is 10.0. The van der Waals surface area contributed by atoms with Crippen LogP contribution in [0.25, 0.3) is 11.0 Å². The fourth-order valence-electron chi connectivity index (χ4n) is 3.95. The SMILES string of the molecule is Cn1c(Cc2ccc(I)cc2F)c(C(=O)NOCCO)c2oc(CN3CCOCC3)cc2c1=O. The Hall–Kier alpha value is -2.32. The fourth-order valence-corrected chi connectivity index (χ4v) is 4.40. The van der Waals surface area contributed by atoms with Gasteiger partial charge in [-0.25, -0.2) is 9.87 Å². The summed E-state index contributed by atoms with van der Waals surface area (Å²) in [6.07, 6.45) is -0.00726. The molecule has 1 fully saturated rings. The van der Waals surface area contributed by atoms with Crippen molar-refractivity contribution in [3.8, 4) is 0 Å². The third kappa shape index (κ3) is 5.33. The van der Waals surface area contributed by atoms with E-state index in [4.69, 9.17) is 19.1 Å². The Bertz CT molecular complexity index is 1250. The van der Waals surface area contributed by atoms with Crippen LogP contribution in [0, 0.1) is 9.39 Å². The van der Waals surface area contributed by atoms with Crippen molar-refractivity contribution in [3.63, 3.8) is 0 Å². The highest BCUT2D eigenvalue weighted by atomic mass is 127. The van der Waals surface area contributed by atoms with Gasteiger partial charge in [0.15, 0.2) is 5.58 Å². The lowest BCUT2D eigenvalue weighted by Crippen LogP contribution is -2.35. The number of amides is 1. The molecule has 4 rings (SSSR count). The number of benzene rings is 1. The molecule has 0 unspecified atom stereocenters. The molecule has 2 aromatic heterocycles. The fraction of sp³-hybridized carbons (Fsp3) is 0.391. The van der Waals surface area contributed by atoms with Gasteiger partial charge in [-0.05, 0) is 46.4 Å². The molecular weight excluding hydrogens is 560 g/mol. The Morgan fingerprint density at radius 1 is 1.29 bits per heavy atom. The first-order valence-electron chi connectivity index (χ1n) is 10.8. The zero-order valence-corrected chi connectivity index (χ0v) is 20.8. The number of hydroxylamine groups is 1. The number of aliphatic hydroxyl groups excluding tert-OH is 1. The molecule has 1 saturated heterocycles. The van der Waals surface area contributed by atoms with E-state index in [0.717, 1.165) is 16.7 Å². The summed E-state index contributed by atoms with van der Waals surface area (Å²) >= 11 is 2.01. The third-order valence-electron chi connectivity index (χ3n) is 5.68. The normalized spacial score (nSPS) is 14.6. The van der Waals surface area contributed by atoms with E-state index >= 15 is 0 Å². The maximum atomic E-state index is 14.6. The number of rotatable bonds is 8. The predicted molar refractivity (Wildman–Crippen MR) is 130 cm³/mol. The second-order valence-electron chi connectivity index (χ2n) is 7.95. The number of fused-ring (bicyclic) bond motifs is 1. The minimum absolute atomic E-state index is 0.00726. The molecule has 0 bridgehead atoms. The number of nitrogens with zero attached hydrogens (tertiary/aromatic N) is 2. The average Bonchev–Trinajstić information content (AvgIpc) is 3.23. The van der Waals surface area contributed by atoms with E-state index < -0.39 is 11.7 Å². The van der Waals surface area contributed by atoms with Gasteiger partial charge in [-0.15, -0.1) is 0 Å². The Kier molecular flexibility index (Phi) is 7.99. The first kappa shape index (κ1) is 24.8. The molecular formula is C23H25FIN3O6. The topological polar surface area (TPSA) is 106 Å². The molecule has 0 atom stereocenters. The Balaban J connectivity index is 1.81. The molecule has 0 saturated carbocycles. The summed E-state index contributed by atoms with van der Waals surface area (Å²) in [4.78, 5) is 33.5. The number of pyridine rings is 1. The van der Waals surface area contributed by atoms with E-state index in [-0.39, 0.29) is 47.4 Å². The standard InChI is InChI=1S/C23H25FIN3O6/c1-27-19(10-14-2-3-15(25)11-18(14)24)20(22(30)26-33-9-6-29)21-17(23(27)31)12-16(34-21)13-28-4-7-32-8-5-28/h2-3,11-12,29H,4-10,13H2,1H3,(H,26,30). The summed E-state index contributed by atoms with van der Waals surface area (Å²) in [6, 6.07) is 6.42. The van der Waals surface area contributed by atoms with Crippen molar-refractivity contribution in [1.82, 2.24) is 14.9 Å². The van der Waals surface area contributed by atoms with Crippen LogP contribution in [0.3, 0.4) is 0 Å². The van der Waals surface area contributed by atoms with Gasteiger partial charge in [-0.1, -0.05) is 6.07 Å². The van der Waals surface area contributed by atoms with Crippen LogP contribution in [-0.4, -0.2) is 60.0 Å². The van der Waals surface area contributed by atoms with Gasteiger partial charge in [0.05, 0.1) is 38.4 Å². The smallest absolute Gasteiger partial charge is 0.280 e. The van der Waals surface area contributed by atoms with Crippen molar-refractivity contribution in [1.29, 1.82) is 0 Å². The number of nitrogens with one attached hydrogen (secondary N) is 1. The molecule has 2 N–H and O–H groups in total. The number of hydrogen-bond donors (Lipinski definition) is 2. The van der Waals surface area contributed by atoms with Crippen molar-refractivity contribution in [2.75, 3.05) is 39.5 Å². The van der Waals surface area contributed by atoms with Crippen LogP contribution in [0.5, 0.6) is 0 Å². The molecule has 0 aliphatic carbocycles. The Labute approximate surface area is 208 Å². The molecule has 182 valence electrons. The van der Waals surface area contributed by atoms with Crippen molar-refractivity contribution in [2.24, 2.45) is 7.05 Å². The first-order chi connectivity index (χ1) is 16.4. The minimum atomic E-state index is -0.651. The van der Waals surface area contributed by atoms with Crippen LogP contribution >= 0.6 is 22.6 Å². The number of ether oxygens (including phenoxy) is 1. The lowest BCUT2D eigenvalue weighted by molar-refractivity contribution is 0.0167. The minimum Gasteiger partial charge on any atom is -0.459 e. The van der Waals surface area contributed by atoms with E-state index in [2.05, 4.69) is 10.4 Å². The van der Waals surface area contributed by atoms with Gasteiger partial charge in [-0.2, -0.15) is 0 Å². The summed E-state index contributed by atoms with van der Waals surface area (Å²) in [5.41, 5.74) is 2.76. The van der Waals surface area contributed by atoms with Crippen LogP contribution in [-0.2, 0) is 29.6 Å². The van der Waals surface area contributed by atoms with Gasteiger partial charge in [0.25, 0.3) is 11.5 Å². The molecule has 1 amide bonds. The first-order valence-corrected chi connectivity index (χ1v) is 11.9. The molecule has 1 aromatic carbocycles. The largest absolute Gasteiger partial charge is 0.459 e. The zero-order valence-electron chi connectivity index (χ0n) is 18.6. The highest BCUT2D eigenvalue weighted by Gasteiger charge is 2.26. The molecule has 3 heterocycles. The number of carbonyl (C=O) groups is 1. The molecule has 3 aromatic rings. The number of carbonyl (C=O) groups excluding carboxylic acids is 1. The van der Waals surface area contributed by atoms with E-state index in [1.807, 2.05) is 22.6 Å². The number of morpholine rings is 1. The molecule has 11 heteroatoms. The number of halogens is 2. The van der Waals surface area contributed by atoms with Crippen LogP contribution in [0.15, 0.2) is 33.5 Å². The van der Waals surface area contributed by atoms with E-state index in [1.165, 1.54) is 10.6 Å². The van der Waals surface area contributed by atoms with Crippen LogP contribution in [0.4, 0.5) is 4.39 Å². The van der Waals surface area contributed by atoms with Crippen LogP contribution < -0.4 is 11.0 Å². The summed E-state index contributed by atoms with van der Waals surface area (Å²) in [5.74, 6) is -0.547. The monoisotopic (exact) mass is 585 g/mol. The average molecular weight is 585 g/mol. The summed E-state index contributed by atoms with van der Waals surface area (Å²) in [6.45, 7) is 2.76. The molecule has 0 spiro atoms. The van der Waals surface area contributed by atoms with Gasteiger partial charge in [-0.3, -0.25) is 19.3 Å². The predicted octanol–water partition coefficient (Wildman–Crippen LogP) is 1.95. The number of aromatic nitrogens is 1. The lowest BCUT2D eigenvalue weighted by Gasteiger charge is -2.25. The van der Waals surface area contributed by atoms with E-state index in [9.17, 15) is 14.0 Å². The molecule has 34 heavy (non-hydrogen) atoms. The summed E-state index contributed by atoms with van der Waals surface area (Å²) in [7, 11) is 1.54. The van der Waals surface area contributed by atoms with Gasteiger partial charge < -0.3 is 18.8 Å². The summed E-state index contributed by atoms with van der Waals surface area (Å²) < 4.78 is 28.1. The van der Waals surface area contributed by atoms with Gasteiger partial charge >= 0.3 is 0 Å². The highest BCUT2D eigenvalue weighted by molar-refractivity contribution is 14.1. The maximum Gasteiger partial charge on any atom is 0.280 e. The van der Waals surface area contributed by atoms with E-state index in [1.54, 1.807) is 25.2 Å². The molecule has 1 aliphatic rings. The molecule has 9 nitrogen and oxygen atoms in total. The highest BCUT2D eigenvalue weighted by Crippen LogP contribution is 2.27. The van der Waals surface area contributed by atoms with Crippen molar-refractivity contribution in [3.05, 3.63) is 66.6 Å². The van der Waals surface area contributed by atoms with Gasteiger partial charge in [0.2, 0.25) is 0 Å². The number of aliphatic hydroxyl groups is 1. The third-order valence-corrected chi connectivity index (χ3v) is 6.35. The quantitative estimate of drug-likeness (QED) is 0.237. The number of hydrogen-bond acceptors (Lipinski definition) is 7. The van der Waals surface area contributed by atoms with Gasteiger partial charge in [0.1, 0.15) is 17.1 Å².